The summed E-state index contributed by atoms with van der Waals surface area (Å²) in [6, 6.07) is 6.37. The fourth-order valence-electron chi connectivity index (χ4n) is 3.65. The van der Waals surface area contributed by atoms with Gasteiger partial charge in [0.1, 0.15) is 17.8 Å². The number of carbonyl (C=O) groups excluding carboxylic acids is 3. The Balaban J connectivity index is 1.58. The molecule has 1 atom stereocenters. The van der Waals surface area contributed by atoms with Gasteiger partial charge in [0.2, 0.25) is 5.91 Å². The highest BCUT2D eigenvalue weighted by Gasteiger charge is 2.49. The van der Waals surface area contributed by atoms with Crippen molar-refractivity contribution in [1.82, 2.24) is 15.5 Å². The first-order valence-corrected chi connectivity index (χ1v) is 9.67. The summed E-state index contributed by atoms with van der Waals surface area (Å²) < 4.78 is 5.13. The fourth-order valence-corrected chi connectivity index (χ4v) is 3.65. The third kappa shape index (κ3) is 4.18. The first kappa shape index (κ1) is 19.9. The van der Waals surface area contributed by atoms with Gasteiger partial charge in [0, 0.05) is 6.54 Å². The Morgan fingerprint density at radius 3 is 2.64 bits per heavy atom. The van der Waals surface area contributed by atoms with Gasteiger partial charge in [-0.2, -0.15) is 0 Å². The maximum atomic E-state index is 12.9. The van der Waals surface area contributed by atoms with Crippen LogP contribution < -0.4 is 15.4 Å². The Hall–Kier alpha value is -2.83. The second kappa shape index (κ2) is 8.46. The topological polar surface area (TPSA) is 87.7 Å². The van der Waals surface area contributed by atoms with Gasteiger partial charge in [0.15, 0.2) is 0 Å². The molecule has 0 bridgehead atoms. The van der Waals surface area contributed by atoms with Crippen LogP contribution in [0.2, 0.25) is 0 Å². The quantitative estimate of drug-likeness (QED) is 0.558. The molecule has 0 spiro atoms. The zero-order chi connectivity index (χ0) is 20.1. The normalized spacial score (nSPS) is 21.9. The van der Waals surface area contributed by atoms with Crippen molar-refractivity contribution in [2.75, 3.05) is 20.2 Å². The average molecular weight is 385 g/mol. The van der Waals surface area contributed by atoms with E-state index in [4.69, 9.17) is 4.74 Å². The van der Waals surface area contributed by atoms with Crippen LogP contribution in [0, 0.1) is 0 Å². The summed E-state index contributed by atoms with van der Waals surface area (Å²) in [5.74, 6) is -0.111. The number of imide groups is 1. The van der Waals surface area contributed by atoms with Crippen LogP contribution >= 0.6 is 0 Å². The minimum absolute atomic E-state index is 0.282. The van der Waals surface area contributed by atoms with Gasteiger partial charge in [-0.3, -0.25) is 14.5 Å². The molecule has 0 radical (unpaired) electrons. The van der Waals surface area contributed by atoms with Gasteiger partial charge in [-0.05, 0) is 56.7 Å². The molecule has 2 N–H and O–H groups in total. The molecule has 1 heterocycles. The number of hydrogen-bond donors (Lipinski definition) is 2. The van der Waals surface area contributed by atoms with Crippen molar-refractivity contribution < 1.29 is 19.1 Å². The van der Waals surface area contributed by atoms with Crippen molar-refractivity contribution in [1.29, 1.82) is 0 Å². The maximum Gasteiger partial charge on any atom is 0.325 e. The van der Waals surface area contributed by atoms with E-state index in [1.807, 2.05) is 0 Å². The van der Waals surface area contributed by atoms with E-state index in [1.165, 1.54) is 18.4 Å². The van der Waals surface area contributed by atoms with Gasteiger partial charge < -0.3 is 15.4 Å². The average Bonchev–Trinajstić information content (AvgIpc) is 2.93. The maximum absolute atomic E-state index is 12.9. The SMILES string of the molecule is COc1ccc([C@@]2(C)NC(=O)N(CC(=O)NCCC3=CCCCC3)C2=O)cc1. The lowest BCUT2D eigenvalue weighted by Gasteiger charge is -2.22. The molecule has 150 valence electrons. The highest BCUT2D eigenvalue weighted by molar-refractivity contribution is 6.09. The zero-order valence-corrected chi connectivity index (χ0v) is 16.4. The standard InChI is InChI=1S/C21H27N3O4/c1-21(16-8-10-17(28-2)11-9-16)19(26)24(20(27)23-21)14-18(25)22-13-12-15-6-4-3-5-7-15/h6,8-11H,3-5,7,12-14H2,1-2H3,(H,22,25)(H,23,27)/t21-/m1/s1. The number of benzene rings is 1. The number of carbonyl (C=O) groups is 3. The van der Waals surface area contributed by atoms with E-state index in [9.17, 15) is 14.4 Å². The Morgan fingerprint density at radius 2 is 2.00 bits per heavy atom. The lowest BCUT2D eigenvalue weighted by Crippen LogP contribution is -2.43. The fraction of sp³-hybridized carbons (Fsp3) is 0.476. The Bertz CT molecular complexity index is 787. The van der Waals surface area contributed by atoms with Gasteiger partial charge in [-0.25, -0.2) is 4.79 Å². The molecule has 0 aromatic heterocycles. The van der Waals surface area contributed by atoms with Crippen LogP contribution in [-0.4, -0.2) is 42.9 Å². The number of amides is 4. The molecule has 0 saturated carbocycles. The molecule has 7 heteroatoms. The molecular weight excluding hydrogens is 358 g/mol. The number of allylic oxidation sites excluding steroid dienone is 1. The summed E-state index contributed by atoms with van der Waals surface area (Å²) >= 11 is 0. The molecule has 1 aromatic rings. The second-order valence-corrected chi connectivity index (χ2v) is 7.38. The number of urea groups is 1. The van der Waals surface area contributed by atoms with Crippen LogP contribution in [0.4, 0.5) is 4.79 Å². The molecule has 7 nitrogen and oxygen atoms in total. The molecular formula is C21H27N3O4. The Kier molecular flexibility index (Phi) is 6.02. The summed E-state index contributed by atoms with van der Waals surface area (Å²) in [5.41, 5.74) is 0.809. The molecule has 2 aliphatic rings. The largest absolute Gasteiger partial charge is 0.497 e. The van der Waals surface area contributed by atoms with Crippen molar-refractivity contribution in [3.63, 3.8) is 0 Å². The Labute approximate surface area is 165 Å². The molecule has 1 aromatic carbocycles. The van der Waals surface area contributed by atoms with Crippen LogP contribution in [0.5, 0.6) is 5.75 Å². The molecule has 3 rings (SSSR count). The van der Waals surface area contributed by atoms with Crippen LogP contribution in [0.15, 0.2) is 35.9 Å². The molecule has 4 amide bonds. The highest BCUT2D eigenvalue weighted by atomic mass is 16.5. The molecule has 1 saturated heterocycles. The Morgan fingerprint density at radius 1 is 1.25 bits per heavy atom. The molecule has 0 unspecified atom stereocenters. The molecule has 1 fully saturated rings. The van der Waals surface area contributed by atoms with E-state index in [-0.39, 0.29) is 12.5 Å². The number of ether oxygens (including phenoxy) is 1. The smallest absolute Gasteiger partial charge is 0.325 e. The van der Waals surface area contributed by atoms with Crippen molar-refractivity contribution in [2.45, 2.75) is 44.6 Å². The van der Waals surface area contributed by atoms with Crippen LogP contribution in [0.25, 0.3) is 0 Å². The third-order valence-corrected chi connectivity index (χ3v) is 5.40. The van der Waals surface area contributed by atoms with Crippen molar-refractivity contribution in [3.05, 3.63) is 41.5 Å². The predicted octanol–water partition coefficient (Wildman–Crippen LogP) is 2.47. The highest BCUT2D eigenvalue weighted by Crippen LogP contribution is 2.29. The summed E-state index contributed by atoms with van der Waals surface area (Å²) in [6.45, 7) is 1.88. The summed E-state index contributed by atoms with van der Waals surface area (Å²) in [4.78, 5) is 38.4. The van der Waals surface area contributed by atoms with Crippen LogP contribution in [0.3, 0.4) is 0 Å². The van der Waals surface area contributed by atoms with Crippen LogP contribution in [-0.2, 0) is 15.1 Å². The number of methoxy groups -OCH3 is 1. The lowest BCUT2D eigenvalue weighted by molar-refractivity contribution is -0.134. The molecule has 1 aliphatic carbocycles. The number of nitrogens with zero attached hydrogens (tertiary/aromatic N) is 1. The minimum Gasteiger partial charge on any atom is -0.497 e. The summed E-state index contributed by atoms with van der Waals surface area (Å²) in [5, 5.41) is 5.51. The van der Waals surface area contributed by atoms with Gasteiger partial charge in [-0.15, -0.1) is 0 Å². The van der Waals surface area contributed by atoms with E-state index in [1.54, 1.807) is 38.3 Å². The number of nitrogens with one attached hydrogen (secondary N) is 2. The van der Waals surface area contributed by atoms with Crippen molar-refractivity contribution in [3.8, 4) is 5.75 Å². The summed E-state index contributed by atoms with van der Waals surface area (Å²) in [7, 11) is 1.56. The van der Waals surface area contributed by atoms with E-state index >= 15 is 0 Å². The lowest BCUT2D eigenvalue weighted by atomic mass is 9.92. The van der Waals surface area contributed by atoms with E-state index in [2.05, 4.69) is 16.7 Å². The van der Waals surface area contributed by atoms with E-state index in [0.717, 1.165) is 24.2 Å². The number of rotatable bonds is 7. The monoisotopic (exact) mass is 385 g/mol. The first-order valence-electron chi connectivity index (χ1n) is 9.67. The zero-order valence-electron chi connectivity index (χ0n) is 16.4. The summed E-state index contributed by atoms with van der Waals surface area (Å²) in [6.07, 6.45) is 7.68. The number of hydrogen-bond acceptors (Lipinski definition) is 4. The van der Waals surface area contributed by atoms with Gasteiger partial charge in [0.05, 0.1) is 7.11 Å². The van der Waals surface area contributed by atoms with Crippen molar-refractivity contribution in [2.24, 2.45) is 0 Å². The molecule has 28 heavy (non-hydrogen) atoms. The van der Waals surface area contributed by atoms with Gasteiger partial charge in [0.25, 0.3) is 5.91 Å². The van der Waals surface area contributed by atoms with Gasteiger partial charge in [-0.1, -0.05) is 23.8 Å². The second-order valence-electron chi connectivity index (χ2n) is 7.38. The third-order valence-electron chi connectivity index (χ3n) is 5.40. The van der Waals surface area contributed by atoms with Crippen molar-refractivity contribution >= 4 is 17.8 Å². The van der Waals surface area contributed by atoms with E-state index in [0.29, 0.717) is 17.9 Å². The van der Waals surface area contributed by atoms with E-state index < -0.39 is 17.5 Å². The minimum atomic E-state index is -1.20. The van der Waals surface area contributed by atoms with Crippen LogP contribution in [0.1, 0.15) is 44.6 Å². The predicted molar refractivity (Wildman–Crippen MR) is 105 cm³/mol. The van der Waals surface area contributed by atoms with Gasteiger partial charge >= 0.3 is 6.03 Å². The first-order chi connectivity index (χ1) is 13.4. The molecule has 1 aliphatic heterocycles.